The Morgan fingerprint density at radius 3 is 2.12 bits per heavy atom. The van der Waals surface area contributed by atoms with Gasteiger partial charge in [-0.3, -0.25) is 13.9 Å². The predicted molar refractivity (Wildman–Crippen MR) is 66.4 cm³/mol. The Labute approximate surface area is 100 Å². The van der Waals surface area contributed by atoms with Gasteiger partial charge in [-0.2, -0.15) is 0 Å². The molecule has 1 rings (SSSR count). The topological polar surface area (TPSA) is 64.2 Å². The van der Waals surface area contributed by atoms with Gasteiger partial charge >= 0.3 is 5.69 Å². The van der Waals surface area contributed by atoms with Gasteiger partial charge in [0.2, 0.25) is 5.88 Å². The number of hydrogen-bond acceptors (Lipinski definition) is 3. The number of aromatic hydroxyl groups is 1. The maximum atomic E-state index is 12.0. The highest BCUT2D eigenvalue weighted by Crippen LogP contribution is 2.03. The van der Waals surface area contributed by atoms with Crippen molar-refractivity contribution in [3.05, 3.63) is 26.9 Å². The van der Waals surface area contributed by atoms with E-state index in [-0.39, 0.29) is 5.88 Å². The molecule has 17 heavy (non-hydrogen) atoms. The van der Waals surface area contributed by atoms with E-state index >= 15 is 0 Å². The molecule has 0 saturated carbocycles. The van der Waals surface area contributed by atoms with Crippen LogP contribution in [0.15, 0.2) is 15.7 Å². The van der Waals surface area contributed by atoms with Crippen LogP contribution in [0.2, 0.25) is 0 Å². The highest BCUT2D eigenvalue weighted by molar-refractivity contribution is 5.07. The lowest BCUT2D eigenvalue weighted by Gasteiger charge is -2.11. The fourth-order valence-electron chi connectivity index (χ4n) is 1.65. The molecule has 0 unspecified atom stereocenters. The van der Waals surface area contributed by atoms with Crippen LogP contribution in [0.5, 0.6) is 5.88 Å². The van der Waals surface area contributed by atoms with Crippen molar-refractivity contribution in [2.75, 3.05) is 0 Å². The zero-order valence-electron chi connectivity index (χ0n) is 10.5. The minimum atomic E-state index is -0.423. The number of rotatable bonds is 6. The summed E-state index contributed by atoms with van der Waals surface area (Å²) < 4.78 is 2.46. The number of nitrogens with zero attached hydrogens (tertiary/aromatic N) is 2. The fraction of sp³-hybridized carbons (Fsp3) is 0.667. The maximum Gasteiger partial charge on any atom is 0.333 e. The molecule has 0 aliphatic carbocycles. The van der Waals surface area contributed by atoms with Crippen LogP contribution in [0.4, 0.5) is 0 Å². The van der Waals surface area contributed by atoms with E-state index in [1.807, 2.05) is 13.8 Å². The van der Waals surface area contributed by atoms with E-state index in [1.54, 1.807) is 0 Å². The Balaban J connectivity index is 3.13. The van der Waals surface area contributed by atoms with Gasteiger partial charge in [-0.25, -0.2) is 4.79 Å². The molecule has 0 aromatic carbocycles. The first-order valence-electron chi connectivity index (χ1n) is 6.15. The third-order valence-corrected chi connectivity index (χ3v) is 2.73. The molecule has 0 fully saturated rings. The van der Waals surface area contributed by atoms with E-state index in [0.29, 0.717) is 13.1 Å². The second-order valence-electron chi connectivity index (χ2n) is 4.13. The molecule has 0 amide bonds. The van der Waals surface area contributed by atoms with E-state index in [0.717, 1.165) is 31.7 Å². The van der Waals surface area contributed by atoms with Gasteiger partial charge in [0.15, 0.2) is 0 Å². The normalized spacial score (nSPS) is 10.7. The molecule has 5 nitrogen and oxygen atoms in total. The summed E-state index contributed by atoms with van der Waals surface area (Å²) in [6.45, 7) is 4.88. The van der Waals surface area contributed by atoms with Crippen LogP contribution in [-0.4, -0.2) is 14.2 Å². The summed E-state index contributed by atoms with van der Waals surface area (Å²) in [5, 5.41) is 9.60. The van der Waals surface area contributed by atoms with Crippen molar-refractivity contribution >= 4 is 0 Å². The fourth-order valence-corrected chi connectivity index (χ4v) is 1.65. The van der Waals surface area contributed by atoms with Crippen molar-refractivity contribution in [2.45, 2.75) is 52.6 Å². The van der Waals surface area contributed by atoms with E-state index in [2.05, 4.69) is 0 Å². The number of aromatic nitrogens is 2. The highest BCUT2D eigenvalue weighted by atomic mass is 16.3. The first-order chi connectivity index (χ1) is 8.11. The lowest BCUT2D eigenvalue weighted by Crippen LogP contribution is -2.39. The molecule has 0 aliphatic heterocycles. The molecule has 96 valence electrons. The minimum absolute atomic E-state index is 0.235. The van der Waals surface area contributed by atoms with Crippen molar-refractivity contribution in [3.63, 3.8) is 0 Å². The second kappa shape index (κ2) is 6.27. The largest absolute Gasteiger partial charge is 0.494 e. The van der Waals surface area contributed by atoms with E-state index in [4.69, 9.17) is 0 Å². The lowest BCUT2D eigenvalue weighted by molar-refractivity contribution is 0.382. The Kier molecular flexibility index (Phi) is 5.00. The van der Waals surface area contributed by atoms with Crippen molar-refractivity contribution in [2.24, 2.45) is 0 Å². The summed E-state index contributed by atoms with van der Waals surface area (Å²) in [6.07, 6.45) is 3.44. The number of hydrogen-bond donors (Lipinski definition) is 1. The van der Waals surface area contributed by atoms with Gasteiger partial charge in [0, 0.05) is 13.1 Å². The van der Waals surface area contributed by atoms with Crippen molar-refractivity contribution in [1.29, 1.82) is 0 Å². The Bertz CT molecular complexity index is 474. The molecule has 1 heterocycles. The van der Waals surface area contributed by atoms with Crippen LogP contribution < -0.4 is 11.2 Å². The monoisotopic (exact) mass is 240 g/mol. The smallest absolute Gasteiger partial charge is 0.333 e. The van der Waals surface area contributed by atoms with Crippen LogP contribution in [-0.2, 0) is 13.1 Å². The maximum absolute atomic E-state index is 12.0. The van der Waals surface area contributed by atoms with Crippen LogP contribution in [0, 0.1) is 0 Å². The third kappa shape index (κ3) is 3.22. The van der Waals surface area contributed by atoms with Crippen molar-refractivity contribution in [1.82, 2.24) is 9.13 Å². The second-order valence-corrected chi connectivity index (χ2v) is 4.13. The number of unbranched alkanes of at least 4 members (excludes halogenated alkanes) is 2. The van der Waals surface area contributed by atoms with Crippen LogP contribution in [0.25, 0.3) is 0 Å². The molecule has 0 atom stereocenters. The predicted octanol–water partition coefficient (Wildman–Crippen LogP) is 1.32. The van der Waals surface area contributed by atoms with Crippen LogP contribution in [0.1, 0.15) is 39.5 Å². The molecule has 0 bridgehead atoms. The highest BCUT2D eigenvalue weighted by Gasteiger charge is 2.09. The molecule has 0 aliphatic rings. The van der Waals surface area contributed by atoms with Crippen LogP contribution in [0.3, 0.4) is 0 Å². The average Bonchev–Trinajstić information content (AvgIpc) is 2.28. The summed E-state index contributed by atoms with van der Waals surface area (Å²) in [5.41, 5.74) is -0.828. The molecular formula is C12H20N2O3. The summed E-state index contributed by atoms with van der Waals surface area (Å²) in [5.74, 6) is -0.235. The standard InChI is InChI=1S/C12H20N2O3/c1-3-5-7-13-10(15)9-11(16)14(12(13)17)8-6-4-2/h9,15H,3-8H2,1-2H3. The minimum Gasteiger partial charge on any atom is -0.494 e. The molecule has 1 N–H and O–H groups in total. The quantitative estimate of drug-likeness (QED) is 0.815. The Morgan fingerprint density at radius 2 is 1.59 bits per heavy atom. The Hall–Kier alpha value is -1.52. The summed E-state index contributed by atoms with van der Waals surface area (Å²) in [4.78, 5) is 23.6. The molecule has 0 radical (unpaired) electrons. The molecule has 0 saturated heterocycles. The first-order valence-corrected chi connectivity index (χ1v) is 6.15. The van der Waals surface area contributed by atoms with Gasteiger partial charge in [0.25, 0.3) is 5.56 Å². The first kappa shape index (κ1) is 13.5. The van der Waals surface area contributed by atoms with E-state index < -0.39 is 11.2 Å². The van der Waals surface area contributed by atoms with E-state index in [9.17, 15) is 14.7 Å². The van der Waals surface area contributed by atoms with Crippen LogP contribution >= 0.6 is 0 Å². The third-order valence-electron chi connectivity index (χ3n) is 2.73. The molecular weight excluding hydrogens is 220 g/mol. The summed E-state index contributed by atoms with van der Waals surface area (Å²) >= 11 is 0. The van der Waals surface area contributed by atoms with E-state index in [1.165, 1.54) is 9.13 Å². The summed E-state index contributed by atoms with van der Waals surface area (Å²) in [7, 11) is 0. The molecule has 1 aromatic rings. The molecule has 0 spiro atoms. The average molecular weight is 240 g/mol. The summed E-state index contributed by atoms with van der Waals surface area (Å²) in [6, 6.07) is 1.12. The van der Waals surface area contributed by atoms with Gasteiger partial charge in [-0.05, 0) is 12.8 Å². The van der Waals surface area contributed by atoms with Crippen molar-refractivity contribution in [3.8, 4) is 5.88 Å². The van der Waals surface area contributed by atoms with Crippen molar-refractivity contribution < 1.29 is 5.11 Å². The van der Waals surface area contributed by atoms with Gasteiger partial charge < -0.3 is 5.11 Å². The zero-order valence-corrected chi connectivity index (χ0v) is 10.5. The Morgan fingerprint density at radius 1 is 1.06 bits per heavy atom. The lowest BCUT2D eigenvalue weighted by atomic mass is 10.3. The van der Waals surface area contributed by atoms with Gasteiger partial charge in [0.1, 0.15) is 0 Å². The zero-order chi connectivity index (χ0) is 12.8. The van der Waals surface area contributed by atoms with Gasteiger partial charge in [-0.1, -0.05) is 26.7 Å². The SMILES string of the molecule is CCCCn1c(O)cc(=O)n(CCCC)c1=O. The van der Waals surface area contributed by atoms with Gasteiger partial charge in [0.05, 0.1) is 6.07 Å². The van der Waals surface area contributed by atoms with Gasteiger partial charge in [-0.15, -0.1) is 0 Å². The molecule has 1 aromatic heterocycles. The molecule has 5 heteroatoms.